The van der Waals surface area contributed by atoms with Crippen LogP contribution in [0.4, 0.5) is 11.4 Å². The zero-order valence-electron chi connectivity index (χ0n) is 19.7. The number of halogens is 1. The highest BCUT2D eigenvalue weighted by Gasteiger charge is 2.31. The molecular weight excluding hydrogens is 544 g/mol. The Morgan fingerprint density at radius 2 is 1.91 bits per heavy atom. The second-order valence-electron chi connectivity index (χ2n) is 7.61. The number of nitro groups is 1. The van der Waals surface area contributed by atoms with Crippen LogP contribution >= 0.6 is 15.9 Å². The van der Waals surface area contributed by atoms with Gasteiger partial charge >= 0.3 is 0 Å². The van der Waals surface area contributed by atoms with Crippen LogP contribution in [0.3, 0.4) is 0 Å². The third kappa shape index (κ3) is 7.39. The number of sulfonamides is 1. The van der Waals surface area contributed by atoms with Crippen molar-refractivity contribution in [2.24, 2.45) is 0 Å². The highest BCUT2D eigenvalue weighted by molar-refractivity contribution is 9.10. The zero-order chi connectivity index (χ0) is 26.3. The van der Waals surface area contributed by atoms with Crippen molar-refractivity contribution in [3.63, 3.8) is 0 Å². The number of amides is 2. The van der Waals surface area contributed by atoms with Crippen molar-refractivity contribution in [2.45, 2.75) is 26.4 Å². The van der Waals surface area contributed by atoms with E-state index in [0.29, 0.717) is 12.1 Å². The van der Waals surface area contributed by atoms with Gasteiger partial charge in [0.2, 0.25) is 21.8 Å². The van der Waals surface area contributed by atoms with Crippen molar-refractivity contribution in [1.82, 2.24) is 10.2 Å². The Labute approximate surface area is 212 Å². The largest absolute Gasteiger partial charge is 0.495 e. The fraction of sp³-hybridized carbons (Fsp3) is 0.364. The van der Waals surface area contributed by atoms with Crippen molar-refractivity contribution in [3.8, 4) is 5.75 Å². The van der Waals surface area contributed by atoms with Gasteiger partial charge in [-0.3, -0.25) is 24.0 Å². The molecule has 0 aromatic heterocycles. The minimum absolute atomic E-state index is 0.0280. The number of methoxy groups -OCH3 is 1. The first-order valence-electron chi connectivity index (χ1n) is 10.5. The number of ether oxygens (including phenoxy) is 1. The van der Waals surface area contributed by atoms with Crippen LogP contribution in [0.2, 0.25) is 0 Å². The van der Waals surface area contributed by atoms with E-state index in [9.17, 15) is 28.1 Å². The van der Waals surface area contributed by atoms with Crippen LogP contribution in [-0.4, -0.2) is 62.6 Å². The molecule has 190 valence electrons. The van der Waals surface area contributed by atoms with Crippen molar-refractivity contribution < 1.29 is 27.7 Å². The smallest absolute Gasteiger partial charge is 0.271 e. The fourth-order valence-corrected chi connectivity index (χ4v) is 4.61. The van der Waals surface area contributed by atoms with Crippen LogP contribution in [0.5, 0.6) is 5.75 Å². The standard InChI is InChI=1S/C22H27BrN4O7S/c1-5-24-22(29)15(2)25(13-16-7-6-8-17(23)11-16)21(28)14-26(35(4,32)33)19-12-18(27(30)31)9-10-20(19)34-3/h6-12,15H,5,13-14H2,1-4H3,(H,24,29). The minimum Gasteiger partial charge on any atom is -0.495 e. The fourth-order valence-electron chi connectivity index (χ4n) is 3.32. The van der Waals surface area contributed by atoms with Crippen LogP contribution in [0, 0.1) is 10.1 Å². The van der Waals surface area contributed by atoms with E-state index < -0.39 is 39.3 Å². The monoisotopic (exact) mass is 570 g/mol. The lowest BCUT2D eigenvalue weighted by atomic mass is 10.1. The molecule has 0 saturated carbocycles. The molecular formula is C22H27BrN4O7S. The number of nitro benzene ring substituents is 1. The third-order valence-electron chi connectivity index (χ3n) is 5.08. The number of carbonyl (C=O) groups is 2. The molecule has 1 atom stereocenters. The Kier molecular flexibility index (Phi) is 9.60. The van der Waals surface area contributed by atoms with Crippen LogP contribution in [0.1, 0.15) is 19.4 Å². The van der Waals surface area contributed by atoms with Gasteiger partial charge in [0.15, 0.2) is 0 Å². The zero-order valence-corrected chi connectivity index (χ0v) is 22.1. The van der Waals surface area contributed by atoms with E-state index in [2.05, 4.69) is 21.2 Å². The quantitative estimate of drug-likeness (QED) is 0.323. The molecule has 11 nitrogen and oxygen atoms in total. The average molecular weight is 571 g/mol. The normalized spacial score (nSPS) is 11.9. The van der Waals surface area contributed by atoms with E-state index >= 15 is 0 Å². The molecule has 0 radical (unpaired) electrons. The summed E-state index contributed by atoms with van der Waals surface area (Å²) in [5.41, 5.74) is 0.178. The molecule has 0 heterocycles. The Morgan fingerprint density at radius 1 is 1.23 bits per heavy atom. The van der Waals surface area contributed by atoms with Crippen LogP contribution < -0.4 is 14.4 Å². The molecule has 0 spiro atoms. The van der Waals surface area contributed by atoms with Crippen molar-refractivity contribution in [1.29, 1.82) is 0 Å². The number of non-ortho nitro benzene ring substituents is 1. The molecule has 0 aliphatic rings. The molecule has 1 unspecified atom stereocenters. The van der Waals surface area contributed by atoms with E-state index in [0.717, 1.165) is 21.1 Å². The maximum atomic E-state index is 13.5. The summed E-state index contributed by atoms with van der Waals surface area (Å²) < 4.78 is 32.1. The van der Waals surface area contributed by atoms with Gasteiger partial charge < -0.3 is 15.0 Å². The number of benzene rings is 2. The number of hydrogen-bond donors (Lipinski definition) is 1. The summed E-state index contributed by atoms with van der Waals surface area (Å²) in [6.07, 6.45) is 0.879. The van der Waals surface area contributed by atoms with Crippen molar-refractivity contribution in [2.75, 3.05) is 30.8 Å². The summed E-state index contributed by atoms with van der Waals surface area (Å²) >= 11 is 3.37. The summed E-state index contributed by atoms with van der Waals surface area (Å²) in [5, 5.41) is 13.9. The number of nitrogens with one attached hydrogen (secondary N) is 1. The Bertz CT molecular complexity index is 1210. The second kappa shape index (κ2) is 12.0. The van der Waals surface area contributed by atoms with Crippen LogP contribution in [-0.2, 0) is 26.2 Å². The molecule has 0 saturated heterocycles. The van der Waals surface area contributed by atoms with Gasteiger partial charge in [-0.15, -0.1) is 0 Å². The number of hydrogen-bond acceptors (Lipinski definition) is 7. The van der Waals surface area contributed by atoms with Crippen molar-refractivity contribution in [3.05, 3.63) is 62.6 Å². The Balaban J connectivity index is 2.51. The van der Waals surface area contributed by atoms with E-state index in [4.69, 9.17) is 4.74 Å². The predicted molar refractivity (Wildman–Crippen MR) is 135 cm³/mol. The van der Waals surface area contributed by atoms with Gasteiger partial charge in [0, 0.05) is 29.7 Å². The maximum absolute atomic E-state index is 13.5. The number of carbonyl (C=O) groups excluding carboxylic acids is 2. The molecule has 0 fully saturated rings. The molecule has 2 aromatic carbocycles. The van der Waals surface area contributed by atoms with E-state index in [1.54, 1.807) is 32.0 Å². The molecule has 0 aliphatic heterocycles. The lowest BCUT2D eigenvalue weighted by Gasteiger charge is -2.31. The highest BCUT2D eigenvalue weighted by Crippen LogP contribution is 2.34. The number of anilines is 1. The van der Waals surface area contributed by atoms with Crippen molar-refractivity contribution >= 4 is 49.1 Å². The summed E-state index contributed by atoms with van der Waals surface area (Å²) in [6, 6.07) is 9.66. The van der Waals surface area contributed by atoms with Crippen LogP contribution in [0.25, 0.3) is 0 Å². The van der Waals surface area contributed by atoms with Gasteiger partial charge in [0.1, 0.15) is 24.0 Å². The molecule has 0 aliphatic carbocycles. The van der Waals surface area contributed by atoms with Crippen LogP contribution in [0.15, 0.2) is 46.9 Å². The van der Waals surface area contributed by atoms with Gasteiger partial charge in [-0.1, -0.05) is 28.1 Å². The lowest BCUT2D eigenvalue weighted by molar-refractivity contribution is -0.384. The molecule has 1 N–H and O–H groups in total. The van der Waals surface area contributed by atoms with Gasteiger partial charge in [0.05, 0.1) is 18.3 Å². The van der Waals surface area contributed by atoms with Gasteiger partial charge in [-0.05, 0) is 37.6 Å². The number of nitrogens with zero attached hydrogens (tertiary/aromatic N) is 3. The molecule has 2 aromatic rings. The summed E-state index contributed by atoms with van der Waals surface area (Å²) in [4.78, 5) is 37.9. The van der Waals surface area contributed by atoms with E-state index in [1.165, 1.54) is 24.1 Å². The SMILES string of the molecule is CCNC(=O)C(C)N(Cc1cccc(Br)c1)C(=O)CN(c1cc([N+](=O)[O-])ccc1OC)S(C)(=O)=O. The molecule has 2 amide bonds. The molecule has 0 bridgehead atoms. The van der Waals surface area contributed by atoms with E-state index in [-0.39, 0.29) is 23.7 Å². The Morgan fingerprint density at radius 3 is 2.46 bits per heavy atom. The average Bonchev–Trinajstić information content (AvgIpc) is 2.79. The summed E-state index contributed by atoms with van der Waals surface area (Å²) in [6.45, 7) is 2.96. The topological polar surface area (TPSA) is 139 Å². The third-order valence-corrected chi connectivity index (χ3v) is 6.70. The first kappa shape index (κ1) is 28.1. The summed E-state index contributed by atoms with van der Waals surface area (Å²) in [5.74, 6) is -1.05. The summed E-state index contributed by atoms with van der Waals surface area (Å²) in [7, 11) is -2.80. The number of likely N-dealkylation sites (N-methyl/N-ethyl adjacent to an activating group) is 1. The second-order valence-corrected chi connectivity index (χ2v) is 10.4. The van der Waals surface area contributed by atoms with E-state index in [1.807, 2.05) is 6.07 Å². The maximum Gasteiger partial charge on any atom is 0.271 e. The molecule has 13 heteroatoms. The number of rotatable bonds is 11. The Hall–Kier alpha value is -3.19. The minimum atomic E-state index is -4.08. The first-order valence-corrected chi connectivity index (χ1v) is 13.1. The van der Waals surface area contributed by atoms with Gasteiger partial charge in [-0.2, -0.15) is 0 Å². The first-order chi connectivity index (χ1) is 16.4. The van der Waals surface area contributed by atoms with Gasteiger partial charge in [0.25, 0.3) is 5.69 Å². The van der Waals surface area contributed by atoms with Gasteiger partial charge in [-0.25, -0.2) is 8.42 Å². The molecule has 2 rings (SSSR count). The predicted octanol–water partition coefficient (Wildman–Crippen LogP) is 2.69. The molecule has 35 heavy (non-hydrogen) atoms. The highest BCUT2D eigenvalue weighted by atomic mass is 79.9. The lowest BCUT2D eigenvalue weighted by Crippen LogP contribution is -2.51.